The first-order valence-electron chi connectivity index (χ1n) is 8.83. The van der Waals surface area contributed by atoms with Crippen LogP contribution in [0.25, 0.3) is 0 Å². The SMILES string of the molecule is CCP(Cl)(c1ccc(C)cc1)(c1ccc(C)cc1)c1ccc(C)cc1. The van der Waals surface area contributed by atoms with Crippen molar-refractivity contribution in [3.63, 3.8) is 0 Å². The molecule has 0 bridgehead atoms. The van der Waals surface area contributed by atoms with Gasteiger partial charge in [0.2, 0.25) is 0 Å². The molecular formula is C23H26ClP. The summed E-state index contributed by atoms with van der Waals surface area (Å²) in [5.74, 6) is -3.00. The Bertz CT molecular complexity index is 748. The zero-order valence-electron chi connectivity index (χ0n) is 15.5. The van der Waals surface area contributed by atoms with Crippen LogP contribution in [0.4, 0.5) is 0 Å². The number of halogens is 1. The van der Waals surface area contributed by atoms with Gasteiger partial charge in [-0.1, -0.05) is 0 Å². The molecule has 0 aromatic heterocycles. The maximum atomic E-state index is 7.85. The Morgan fingerprint density at radius 3 is 1.00 bits per heavy atom. The molecule has 0 radical (unpaired) electrons. The Morgan fingerprint density at radius 2 is 0.800 bits per heavy atom. The van der Waals surface area contributed by atoms with Gasteiger partial charge in [-0.25, -0.2) is 0 Å². The van der Waals surface area contributed by atoms with E-state index in [0.29, 0.717) is 0 Å². The van der Waals surface area contributed by atoms with Crippen LogP contribution in [0.3, 0.4) is 0 Å². The standard InChI is InChI=1S/C23H26ClP/c1-5-25(24,21-12-6-18(2)7-13-21,22-14-8-19(3)9-15-22)23-16-10-20(4)11-17-23/h6-17H,5H2,1-4H3. The number of hydrogen-bond acceptors (Lipinski definition) is 0. The molecule has 0 aliphatic carbocycles. The molecule has 0 aliphatic rings. The number of aryl methyl sites for hydroxylation is 3. The van der Waals surface area contributed by atoms with E-state index in [2.05, 4.69) is 100 Å². The van der Waals surface area contributed by atoms with Crippen molar-refractivity contribution in [2.24, 2.45) is 0 Å². The van der Waals surface area contributed by atoms with Crippen LogP contribution in [-0.2, 0) is 0 Å². The monoisotopic (exact) mass is 368 g/mol. The van der Waals surface area contributed by atoms with Gasteiger partial charge in [-0.15, -0.1) is 0 Å². The van der Waals surface area contributed by atoms with E-state index in [-0.39, 0.29) is 0 Å². The number of rotatable bonds is 4. The van der Waals surface area contributed by atoms with Crippen molar-refractivity contribution >= 4 is 33.1 Å². The molecule has 25 heavy (non-hydrogen) atoms. The fourth-order valence-corrected chi connectivity index (χ4v) is 8.88. The molecule has 130 valence electrons. The van der Waals surface area contributed by atoms with Crippen LogP contribution >= 0.6 is 17.2 Å². The number of hydrogen-bond donors (Lipinski definition) is 0. The van der Waals surface area contributed by atoms with Gasteiger partial charge in [-0.05, 0) is 0 Å². The van der Waals surface area contributed by atoms with Gasteiger partial charge in [0.1, 0.15) is 0 Å². The molecule has 0 aliphatic heterocycles. The van der Waals surface area contributed by atoms with E-state index in [0.717, 1.165) is 6.16 Å². The molecule has 0 unspecified atom stereocenters. The van der Waals surface area contributed by atoms with Crippen LogP contribution in [-0.4, -0.2) is 6.16 Å². The van der Waals surface area contributed by atoms with E-state index in [9.17, 15) is 0 Å². The molecule has 3 aromatic rings. The fraction of sp³-hybridized carbons (Fsp3) is 0.217. The zero-order chi connectivity index (χ0) is 18.1. The summed E-state index contributed by atoms with van der Waals surface area (Å²) in [4.78, 5) is 0. The van der Waals surface area contributed by atoms with Gasteiger partial charge in [-0.3, -0.25) is 0 Å². The molecule has 0 heterocycles. The molecule has 0 spiro atoms. The average Bonchev–Trinajstić information content (AvgIpc) is 2.63. The fourth-order valence-electron chi connectivity index (χ4n) is 3.56. The normalized spacial score (nSPS) is 13.2. The van der Waals surface area contributed by atoms with Gasteiger partial charge in [0, 0.05) is 0 Å². The second-order valence-electron chi connectivity index (χ2n) is 7.01. The van der Waals surface area contributed by atoms with E-state index < -0.39 is 5.96 Å². The predicted octanol–water partition coefficient (Wildman–Crippen LogP) is 5.62. The summed E-state index contributed by atoms with van der Waals surface area (Å²) in [6.07, 6.45) is 0.891. The summed E-state index contributed by atoms with van der Waals surface area (Å²) in [5, 5.41) is 3.73. The van der Waals surface area contributed by atoms with Crippen molar-refractivity contribution in [2.45, 2.75) is 27.7 Å². The summed E-state index contributed by atoms with van der Waals surface area (Å²) in [7, 11) is 0. The van der Waals surface area contributed by atoms with E-state index in [1.165, 1.54) is 32.6 Å². The quantitative estimate of drug-likeness (QED) is 0.525. The van der Waals surface area contributed by atoms with Crippen molar-refractivity contribution in [1.82, 2.24) is 0 Å². The average molecular weight is 369 g/mol. The first-order chi connectivity index (χ1) is 11.9. The van der Waals surface area contributed by atoms with E-state index in [4.69, 9.17) is 11.2 Å². The topological polar surface area (TPSA) is 0 Å². The van der Waals surface area contributed by atoms with Gasteiger partial charge >= 0.3 is 156 Å². The van der Waals surface area contributed by atoms with Crippen molar-refractivity contribution in [3.05, 3.63) is 89.5 Å². The minimum absolute atomic E-state index is 0.891. The first kappa shape index (κ1) is 18.2. The Hall–Kier alpha value is -1.62. The van der Waals surface area contributed by atoms with Gasteiger partial charge in [0.25, 0.3) is 0 Å². The van der Waals surface area contributed by atoms with Crippen molar-refractivity contribution < 1.29 is 0 Å². The molecule has 0 amide bonds. The van der Waals surface area contributed by atoms with Crippen molar-refractivity contribution in [1.29, 1.82) is 0 Å². The molecule has 0 saturated carbocycles. The molecule has 0 fully saturated rings. The van der Waals surface area contributed by atoms with Gasteiger partial charge in [-0.2, -0.15) is 0 Å². The van der Waals surface area contributed by atoms with Crippen LogP contribution in [0.1, 0.15) is 23.6 Å². The van der Waals surface area contributed by atoms with Crippen LogP contribution in [0.5, 0.6) is 0 Å². The van der Waals surface area contributed by atoms with Gasteiger partial charge in [0.15, 0.2) is 0 Å². The molecule has 2 heteroatoms. The predicted molar refractivity (Wildman–Crippen MR) is 116 cm³/mol. The molecule has 3 rings (SSSR count). The third-order valence-electron chi connectivity index (χ3n) is 5.31. The van der Waals surface area contributed by atoms with Crippen molar-refractivity contribution in [3.8, 4) is 0 Å². The zero-order valence-corrected chi connectivity index (χ0v) is 17.1. The summed E-state index contributed by atoms with van der Waals surface area (Å²) in [5.41, 5.74) is 3.78. The van der Waals surface area contributed by atoms with Gasteiger partial charge < -0.3 is 0 Å². The molecule has 3 aromatic carbocycles. The van der Waals surface area contributed by atoms with E-state index in [1.54, 1.807) is 0 Å². The summed E-state index contributed by atoms with van der Waals surface area (Å²) >= 11 is 7.85. The molecular weight excluding hydrogens is 343 g/mol. The molecule has 0 N–H and O–H groups in total. The first-order valence-corrected chi connectivity index (χ1v) is 12.2. The third kappa shape index (κ3) is 2.92. The van der Waals surface area contributed by atoms with Crippen LogP contribution < -0.4 is 15.9 Å². The van der Waals surface area contributed by atoms with Crippen molar-refractivity contribution in [2.75, 3.05) is 6.16 Å². The summed E-state index contributed by atoms with van der Waals surface area (Å²) in [6, 6.07) is 26.4. The summed E-state index contributed by atoms with van der Waals surface area (Å²) in [6.45, 7) is 8.59. The maximum absolute atomic E-state index is 7.85. The molecule has 0 nitrogen and oxygen atoms in total. The Morgan fingerprint density at radius 1 is 0.560 bits per heavy atom. The molecule has 0 atom stereocenters. The van der Waals surface area contributed by atoms with Crippen LogP contribution in [0.15, 0.2) is 72.8 Å². The van der Waals surface area contributed by atoms with Crippen LogP contribution in [0.2, 0.25) is 0 Å². The number of benzene rings is 3. The van der Waals surface area contributed by atoms with Crippen LogP contribution in [0, 0.1) is 20.8 Å². The van der Waals surface area contributed by atoms with E-state index >= 15 is 0 Å². The second-order valence-corrected chi connectivity index (χ2v) is 13.8. The minimum atomic E-state index is -3.00. The molecule has 0 saturated heterocycles. The third-order valence-corrected chi connectivity index (χ3v) is 13.1. The summed E-state index contributed by atoms with van der Waals surface area (Å²) < 4.78 is 0. The van der Waals surface area contributed by atoms with E-state index in [1.807, 2.05) is 0 Å². The Labute approximate surface area is 156 Å². The Kier molecular flexibility index (Phi) is 4.80. The van der Waals surface area contributed by atoms with Gasteiger partial charge in [0.05, 0.1) is 0 Å². The Balaban J connectivity index is 2.38. The second kappa shape index (κ2) is 6.60.